The van der Waals surface area contributed by atoms with Gasteiger partial charge >= 0.3 is 5.51 Å². The number of carbonyl (C=O) groups is 1. The van der Waals surface area contributed by atoms with Crippen LogP contribution in [0.2, 0.25) is 0 Å². The van der Waals surface area contributed by atoms with Crippen LogP contribution in [-0.4, -0.2) is 53.8 Å². The fourth-order valence-corrected chi connectivity index (χ4v) is 5.93. The van der Waals surface area contributed by atoms with E-state index in [0.717, 1.165) is 60.7 Å². The molecule has 0 radical (unpaired) electrons. The second-order valence-corrected chi connectivity index (χ2v) is 11.6. The molecule has 0 unspecified atom stereocenters. The number of piperidine rings is 1. The number of hydrogen-bond donors (Lipinski definition) is 1. The van der Waals surface area contributed by atoms with Crippen LogP contribution in [0.25, 0.3) is 11.4 Å². The van der Waals surface area contributed by atoms with Gasteiger partial charge in [-0.25, -0.2) is 13.4 Å². The second-order valence-electron chi connectivity index (χ2n) is 9.63. The number of hydrogen-bond acceptors (Lipinski definition) is 5. The van der Waals surface area contributed by atoms with E-state index < -0.39 is 20.2 Å². The number of fused-ring (bicyclic) bond motifs is 1. The number of aromatic amines is 1. The Balaban J connectivity index is 1.24. The highest BCUT2D eigenvalue weighted by Crippen LogP contribution is 2.40. The van der Waals surface area contributed by atoms with Crippen LogP contribution < -0.4 is 4.90 Å². The molecule has 5 rings (SSSR count). The lowest BCUT2D eigenvalue weighted by molar-refractivity contribution is -0.119. The minimum atomic E-state index is -5.39. The van der Waals surface area contributed by atoms with Crippen molar-refractivity contribution in [1.82, 2.24) is 14.9 Å². The lowest BCUT2D eigenvalue weighted by atomic mass is 10.0. The number of imidazole rings is 1. The first-order valence-corrected chi connectivity index (χ1v) is 13.6. The predicted molar refractivity (Wildman–Crippen MR) is 133 cm³/mol. The molecule has 11 heteroatoms. The van der Waals surface area contributed by atoms with Crippen LogP contribution in [0.15, 0.2) is 53.4 Å². The number of halogens is 3. The van der Waals surface area contributed by atoms with Crippen molar-refractivity contribution in [1.29, 1.82) is 0 Å². The summed E-state index contributed by atoms with van der Waals surface area (Å²) in [6.07, 6.45) is 1.69. The van der Waals surface area contributed by atoms with Crippen LogP contribution >= 0.6 is 0 Å². The van der Waals surface area contributed by atoms with Crippen molar-refractivity contribution >= 4 is 21.4 Å². The van der Waals surface area contributed by atoms with Crippen LogP contribution in [0.5, 0.6) is 0 Å². The maximum Gasteiger partial charge on any atom is 0.501 e. The van der Waals surface area contributed by atoms with Gasteiger partial charge in [0.05, 0.1) is 16.5 Å². The zero-order chi connectivity index (χ0) is 26.5. The van der Waals surface area contributed by atoms with Crippen LogP contribution in [0.1, 0.15) is 42.6 Å². The number of aromatic nitrogens is 2. The van der Waals surface area contributed by atoms with E-state index in [1.165, 1.54) is 12.1 Å². The Morgan fingerprint density at radius 3 is 2.35 bits per heavy atom. The second kappa shape index (κ2) is 9.29. The third-order valence-electron chi connectivity index (χ3n) is 7.29. The Morgan fingerprint density at radius 2 is 1.70 bits per heavy atom. The number of nitrogens with zero attached hydrogens (tertiary/aromatic N) is 3. The van der Waals surface area contributed by atoms with E-state index in [2.05, 4.69) is 14.9 Å². The number of sulfone groups is 1. The number of benzene rings is 2. The first kappa shape index (κ1) is 25.5. The average molecular weight is 533 g/mol. The van der Waals surface area contributed by atoms with Crippen LogP contribution in [0.3, 0.4) is 0 Å². The molecule has 1 N–H and O–H groups in total. The summed E-state index contributed by atoms with van der Waals surface area (Å²) in [5.41, 5.74) is -1.10. The third-order valence-corrected chi connectivity index (χ3v) is 8.80. The smallest absolute Gasteiger partial charge is 0.342 e. The molecule has 2 aliphatic heterocycles. The van der Waals surface area contributed by atoms with Crippen molar-refractivity contribution < 1.29 is 26.4 Å². The van der Waals surface area contributed by atoms with E-state index in [4.69, 9.17) is 0 Å². The maximum atomic E-state index is 13.0. The summed E-state index contributed by atoms with van der Waals surface area (Å²) >= 11 is 0. The molecular formula is C26H27F3N4O3S. The van der Waals surface area contributed by atoms with E-state index in [1.807, 2.05) is 43.0 Å². The monoisotopic (exact) mass is 532 g/mol. The number of para-hydroxylation sites is 1. The van der Waals surface area contributed by atoms with Crippen LogP contribution in [0.4, 0.5) is 18.9 Å². The standard InChI is InChI=1S/C26H27F3N4O3S/c1-16-21-5-3-4-6-23(21)33(25(16)34)19-11-13-32(14-12-19)15-22-17(2)30-24(31-22)18-7-9-20(10-8-18)37(35,36)26(27,28)29/h3-10,16,19H,11-15H2,1-2H3,(H,30,31)/t16-/m1/s1. The molecule has 0 saturated carbocycles. The van der Waals surface area contributed by atoms with Crippen molar-refractivity contribution in [2.45, 2.75) is 55.6 Å². The van der Waals surface area contributed by atoms with Crippen LogP contribution in [-0.2, 0) is 21.2 Å². The largest absolute Gasteiger partial charge is 0.501 e. The van der Waals surface area contributed by atoms with Gasteiger partial charge in [0, 0.05) is 42.6 Å². The molecule has 7 nitrogen and oxygen atoms in total. The van der Waals surface area contributed by atoms with Gasteiger partial charge in [-0.1, -0.05) is 18.2 Å². The predicted octanol–water partition coefficient (Wildman–Crippen LogP) is 4.79. The Kier molecular flexibility index (Phi) is 6.39. The zero-order valence-corrected chi connectivity index (χ0v) is 21.2. The number of H-pyrrole nitrogens is 1. The average Bonchev–Trinajstić information content (AvgIpc) is 3.36. The van der Waals surface area contributed by atoms with Gasteiger partial charge in [-0.15, -0.1) is 0 Å². The fourth-order valence-electron chi connectivity index (χ4n) is 5.17. The first-order valence-electron chi connectivity index (χ1n) is 12.1. The molecule has 1 atom stereocenters. The number of likely N-dealkylation sites (tertiary alicyclic amines) is 1. The van der Waals surface area contributed by atoms with Crippen LogP contribution in [0, 0.1) is 6.92 Å². The molecule has 1 fully saturated rings. The number of aryl methyl sites for hydroxylation is 1. The Hall–Kier alpha value is -3.18. The minimum absolute atomic E-state index is 0.123. The number of nitrogens with one attached hydrogen (secondary N) is 1. The summed E-state index contributed by atoms with van der Waals surface area (Å²) in [5.74, 6) is 0.495. The summed E-state index contributed by atoms with van der Waals surface area (Å²) in [6.45, 7) is 6.03. The molecule has 0 aliphatic carbocycles. The Morgan fingerprint density at radius 1 is 1.05 bits per heavy atom. The Labute approximate surface area is 213 Å². The van der Waals surface area contributed by atoms with Crippen molar-refractivity contribution in [3.05, 3.63) is 65.5 Å². The summed E-state index contributed by atoms with van der Waals surface area (Å²) in [5, 5.41) is 0. The molecule has 3 aromatic rings. The quantitative estimate of drug-likeness (QED) is 0.511. The van der Waals surface area contributed by atoms with E-state index in [0.29, 0.717) is 17.9 Å². The van der Waals surface area contributed by atoms with Gasteiger partial charge in [-0.3, -0.25) is 9.69 Å². The van der Waals surface area contributed by atoms with E-state index in [1.54, 1.807) is 0 Å². The lowest BCUT2D eigenvalue weighted by Gasteiger charge is -2.37. The van der Waals surface area contributed by atoms with Gasteiger partial charge in [0.2, 0.25) is 5.91 Å². The van der Waals surface area contributed by atoms with E-state index in [-0.39, 0.29) is 17.9 Å². The number of alkyl halides is 3. The molecule has 1 saturated heterocycles. The van der Waals surface area contributed by atoms with Crippen molar-refractivity contribution in [3.63, 3.8) is 0 Å². The molecular weight excluding hydrogens is 505 g/mol. The molecule has 2 aliphatic rings. The highest BCUT2D eigenvalue weighted by molar-refractivity contribution is 7.92. The molecule has 3 heterocycles. The summed E-state index contributed by atoms with van der Waals surface area (Å²) in [7, 11) is -5.39. The topological polar surface area (TPSA) is 86.4 Å². The Bertz CT molecular complexity index is 1430. The van der Waals surface area contributed by atoms with Crippen molar-refractivity contribution in [3.8, 4) is 11.4 Å². The summed E-state index contributed by atoms with van der Waals surface area (Å²) in [4.78, 5) is 24.2. The maximum absolute atomic E-state index is 13.0. The molecule has 1 amide bonds. The molecule has 0 bridgehead atoms. The molecule has 37 heavy (non-hydrogen) atoms. The van der Waals surface area contributed by atoms with Gasteiger partial charge in [0.1, 0.15) is 5.82 Å². The molecule has 0 spiro atoms. The van der Waals surface area contributed by atoms with Crippen molar-refractivity contribution in [2.24, 2.45) is 0 Å². The van der Waals surface area contributed by atoms with Gasteiger partial charge in [-0.2, -0.15) is 13.2 Å². The van der Waals surface area contributed by atoms with Gasteiger partial charge in [0.15, 0.2) is 0 Å². The number of rotatable bonds is 5. The highest BCUT2D eigenvalue weighted by Gasteiger charge is 2.46. The van der Waals surface area contributed by atoms with E-state index >= 15 is 0 Å². The molecule has 1 aromatic heterocycles. The lowest BCUT2D eigenvalue weighted by Crippen LogP contribution is -2.46. The molecule has 2 aromatic carbocycles. The zero-order valence-electron chi connectivity index (χ0n) is 20.4. The first-order chi connectivity index (χ1) is 17.5. The normalized spacial score (nSPS) is 19.4. The molecule has 196 valence electrons. The van der Waals surface area contributed by atoms with E-state index in [9.17, 15) is 26.4 Å². The number of anilines is 1. The fraction of sp³-hybridized carbons (Fsp3) is 0.385. The van der Waals surface area contributed by atoms with Crippen molar-refractivity contribution in [2.75, 3.05) is 18.0 Å². The third kappa shape index (κ3) is 4.54. The number of carbonyl (C=O) groups excluding carboxylic acids is 1. The number of amides is 1. The van der Waals surface area contributed by atoms with Gasteiger partial charge in [-0.05, 0) is 62.6 Å². The summed E-state index contributed by atoms with van der Waals surface area (Å²) < 4.78 is 61.6. The SMILES string of the molecule is Cc1[nH]c(-c2ccc(S(=O)(=O)C(F)(F)F)cc2)nc1CN1CCC(N2C(=O)[C@H](C)c3ccccc32)CC1. The minimum Gasteiger partial charge on any atom is -0.342 e. The van der Waals surface area contributed by atoms with Gasteiger partial charge in [0.25, 0.3) is 9.84 Å². The van der Waals surface area contributed by atoms with Gasteiger partial charge < -0.3 is 9.88 Å². The highest BCUT2D eigenvalue weighted by atomic mass is 32.2. The summed E-state index contributed by atoms with van der Waals surface area (Å²) in [6, 6.07) is 12.6.